The molecule has 0 aliphatic rings. The molecule has 86 valence electrons. The van der Waals surface area contributed by atoms with Gasteiger partial charge in [0.15, 0.2) is 4.67 Å². The Balaban J connectivity index is 1.91. The number of rotatable bonds is 4. The number of nitrogens with one attached hydrogen (secondary N) is 1. The lowest BCUT2D eigenvalue weighted by Gasteiger charge is -2.09. The van der Waals surface area contributed by atoms with Crippen LogP contribution in [0.4, 0.5) is 0 Å². The van der Waals surface area contributed by atoms with E-state index in [9.17, 15) is 0 Å². The number of halogens is 1. The van der Waals surface area contributed by atoms with Gasteiger partial charge in [-0.3, -0.25) is 0 Å². The molecule has 0 amide bonds. The quantitative estimate of drug-likeness (QED) is 0.928. The number of furan rings is 2. The Morgan fingerprint density at radius 2 is 2.06 bits per heavy atom. The summed E-state index contributed by atoms with van der Waals surface area (Å²) < 4.78 is 11.7. The van der Waals surface area contributed by atoms with Crippen LogP contribution in [0.1, 0.15) is 30.2 Å². The van der Waals surface area contributed by atoms with Crippen molar-refractivity contribution in [2.24, 2.45) is 0 Å². The third-order valence-electron chi connectivity index (χ3n) is 2.40. The molecule has 3 nitrogen and oxygen atoms in total. The first-order valence-electron chi connectivity index (χ1n) is 5.19. The van der Waals surface area contributed by atoms with Crippen LogP contribution < -0.4 is 5.32 Å². The Labute approximate surface area is 103 Å². The van der Waals surface area contributed by atoms with Crippen LogP contribution in [-0.2, 0) is 6.54 Å². The van der Waals surface area contributed by atoms with Crippen LogP contribution in [0.3, 0.4) is 0 Å². The summed E-state index contributed by atoms with van der Waals surface area (Å²) in [5.41, 5.74) is 0. The molecule has 2 aromatic rings. The Morgan fingerprint density at radius 1 is 1.25 bits per heavy atom. The molecule has 0 saturated carbocycles. The first kappa shape index (κ1) is 11.5. The van der Waals surface area contributed by atoms with Crippen LogP contribution in [-0.4, -0.2) is 0 Å². The fraction of sp³-hybridized carbons (Fsp3) is 0.333. The van der Waals surface area contributed by atoms with Crippen molar-refractivity contribution in [1.29, 1.82) is 0 Å². The molecule has 2 heterocycles. The standard InChI is InChI=1S/C12H14BrNO2/c1-8-3-5-11(15-8)9(2)14-7-10-4-6-12(13)16-10/h3-6,9,14H,7H2,1-2H3. The van der Waals surface area contributed by atoms with Gasteiger partial charge in [0, 0.05) is 0 Å². The van der Waals surface area contributed by atoms with Crippen molar-refractivity contribution in [2.75, 3.05) is 0 Å². The van der Waals surface area contributed by atoms with Crippen LogP contribution in [0.5, 0.6) is 0 Å². The van der Waals surface area contributed by atoms with E-state index in [1.165, 1.54) is 0 Å². The summed E-state index contributed by atoms with van der Waals surface area (Å²) in [7, 11) is 0. The zero-order chi connectivity index (χ0) is 11.5. The molecule has 2 aromatic heterocycles. The maximum absolute atomic E-state index is 5.54. The van der Waals surface area contributed by atoms with Gasteiger partial charge in [-0.1, -0.05) is 0 Å². The summed E-state index contributed by atoms with van der Waals surface area (Å²) in [6, 6.07) is 7.97. The molecule has 0 bridgehead atoms. The van der Waals surface area contributed by atoms with E-state index >= 15 is 0 Å². The summed E-state index contributed by atoms with van der Waals surface area (Å²) in [5, 5.41) is 3.33. The van der Waals surface area contributed by atoms with Gasteiger partial charge in [-0.2, -0.15) is 0 Å². The number of hydrogen-bond acceptors (Lipinski definition) is 3. The first-order valence-corrected chi connectivity index (χ1v) is 5.98. The number of hydrogen-bond donors (Lipinski definition) is 1. The molecule has 2 rings (SSSR count). The number of aryl methyl sites for hydroxylation is 1. The zero-order valence-electron chi connectivity index (χ0n) is 9.29. The summed E-state index contributed by atoms with van der Waals surface area (Å²) in [5.74, 6) is 2.79. The van der Waals surface area contributed by atoms with E-state index in [1.807, 2.05) is 31.2 Å². The van der Waals surface area contributed by atoms with Gasteiger partial charge in [0.2, 0.25) is 0 Å². The molecular weight excluding hydrogens is 270 g/mol. The molecule has 0 fully saturated rings. The minimum Gasteiger partial charge on any atom is -0.465 e. The highest BCUT2D eigenvalue weighted by Gasteiger charge is 2.09. The van der Waals surface area contributed by atoms with E-state index in [4.69, 9.17) is 8.83 Å². The van der Waals surface area contributed by atoms with Crippen LogP contribution in [0.15, 0.2) is 37.8 Å². The summed E-state index contributed by atoms with van der Waals surface area (Å²) in [4.78, 5) is 0. The maximum Gasteiger partial charge on any atom is 0.169 e. The molecule has 1 atom stereocenters. The SMILES string of the molecule is Cc1ccc(C(C)NCc2ccc(Br)o2)o1. The Kier molecular flexibility index (Phi) is 3.51. The van der Waals surface area contributed by atoms with Crippen LogP contribution in [0.25, 0.3) is 0 Å². The van der Waals surface area contributed by atoms with Crippen molar-refractivity contribution in [3.63, 3.8) is 0 Å². The fourth-order valence-electron chi connectivity index (χ4n) is 1.49. The zero-order valence-corrected chi connectivity index (χ0v) is 10.9. The molecule has 0 aliphatic carbocycles. The topological polar surface area (TPSA) is 38.3 Å². The monoisotopic (exact) mass is 283 g/mol. The van der Waals surface area contributed by atoms with Crippen molar-refractivity contribution in [3.05, 3.63) is 46.2 Å². The average Bonchev–Trinajstić information content (AvgIpc) is 2.84. The molecule has 4 heteroatoms. The molecule has 16 heavy (non-hydrogen) atoms. The predicted octanol–water partition coefficient (Wildman–Crippen LogP) is 3.79. The van der Waals surface area contributed by atoms with Crippen molar-refractivity contribution >= 4 is 15.9 Å². The summed E-state index contributed by atoms with van der Waals surface area (Å²) in [6.07, 6.45) is 0. The third-order valence-corrected chi connectivity index (χ3v) is 2.83. The van der Waals surface area contributed by atoms with Gasteiger partial charge >= 0.3 is 0 Å². The minimum absolute atomic E-state index is 0.178. The molecule has 0 saturated heterocycles. The van der Waals surface area contributed by atoms with Crippen molar-refractivity contribution < 1.29 is 8.83 Å². The van der Waals surface area contributed by atoms with Gasteiger partial charge in [-0.05, 0) is 54.0 Å². The largest absolute Gasteiger partial charge is 0.465 e. The van der Waals surface area contributed by atoms with Gasteiger partial charge in [0.1, 0.15) is 17.3 Å². The third kappa shape index (κ3) is 2.77. The second kappa shape index (κ2) is 4.89. The predicted molar refractivity (Wildman–Crippen MR) is 65.1 cm³/mol. The van der Waals surface area contributed by atoms with Crippen LogP contribution in [0.2, 0.25) is 0 Å². The van der Waals surface area contributed by atoms with E-state index in [1.54, 1.807) is 0 Å². The fourth-order valence-corrected chi connectivity index (χ4v) is 1.83. The van der Waals surface area contributed by atoms with Crippen molar-refractivity contribution in [1.82, 2.24) is 5.32 Å². The van der Waals surface area contributed by atoms with Crippen LogP contribution in [0, 0.1) is 6.92 Å². The molecule has 0 radical (unpaired) electrons. The smallest absolute Gasteiger partial charge is 0.169 e. The molecular formula is C12H14BrNO2. The van der Waals surface area contributed by atoms with E-state index < -0.39 is 0 Å². The summed E-state index contributed by atoms with van der Waals surface area (Å²) in [6.45, 7) is 4.70. The summed E-state index contributed by atoms with van der Waals surface area (Å²) >= 11 is 3.27. The molecule has 1 N–H and O–H groups in total. The highest BCUT2D eigenvalue weighted by atomic mass is 79.9. The maximum atomic E-state index is 5.54. The normalized spacial score (nSPS) is 12.9. The molecule has 0 aromatic carbocycles. The lowest BCUT2D eigenvalue weighted by Crippen LogP contribution is -2.17. The van der Waals surface area contributed by atoms with Gasteiger partial charge in [0.25, 0.3) is 0 Å². The molecule has 0 aliphatic heterocycles. The first-order chi connectivity index (χ1) is 7.65. The highest BCUT2D eigenvalue weighted by molar-refractivity contribution is 9.10. The Bertz CT molecular complexity index is 461. The van der Waals surface area contributed by atoms with E-state index in [0.717, 1.165) is 22.0 Å². The second-order valence-electron chi connectivity index (χ2n) is 3.76. The Morgan fingerprint density at radius 3 is 2.62 bits per heavy atom. The van der Waals surface area contributed by atoms with E-state index in [-0.39, 0.29) is 6.04 Å². The van der Waals surface area contributed by atoms with Crippen molar-refractivity contribution in [2.45, 2.75) is 26.4 Å². The average molecular weight is 284 g/mol. The van der Waals surface area contributed by atoms with Gasteiger partial charge in [-0.15, -0.1) is 0 Å². The lowest BCUT2D eigenvalue weighted by molar-refractivity contribution is 0.394. The van der Waals surface area contributed by atoms with Gasteiger partial charge in [-0.25, -0.2) is 0 Å². The van der Waals surface area contributed by atoms with E-state index in [2.05, 4.69) is 28.2 Å². The minimum atomic E-state index is 0.178. The van der Waals surface area contributed by atoms with Crippen molar-refractivity contribution in [3.8, 4) is 0 Å². The Hall–Kier alpha value is -1.00. The molecule has 0 spiro atoms. The van der Waals surface area contributed by atoms with E-state index in [0.29, 0.717) is 6.54 Å². The lowest BCUT2D eigenvalue weighted by atomic mass is 10.2. The van der Waals surface area contributed by atoms with Gasteiger partial charge < -0.3 is 14.2 Å². The highest BCUT2D eigenvalue weighted by Crippen LogP contribution is 2.18. The van der Waals surface area contributed by atoms with Crippen LogP contribution >= 0.6 is 15.9 Å². The second-order valence-corrected chi connectivity index (χ2v) is 4.54. The van der Waals surface area contributed by atoms with Gasteiger partial charge in [0.05, 0.1) is 12.6 Å². The molecule has 1 unspecified atom stereocenters.